The summed E-state index contributed by atoms with van der Waals surface area (Å²) >= 11 is -2.48. The van der Waals surface area contributed by atoms with Crippen molar-refractivity contribution >= 4 is 51.1 Å². The number of rotatable bonds is 31. The maximum atomic E-state index is 6.00. The van der Waals surface area contributed by atoms with Gasteiger partial charge in [-0.15, -0.1) is 0 Å². The first kappa shape index (κ1) is 132. The Labute approximate surface area is 958 Å². The van der Waals surface area contributed by atoms with E-state index >= 15 is 0 Å². The number of hydrogen-bond donors (Lipinski definition) is 0. The molecule has 146 heavy (non-hydrogen) atoms. The molecule has 3 aliphatic heterocycles. The van der Waals surface area contributed by atoms with Gasteiger partial charge in [-0.2, -0.15) is 0 Å². The second-order valence-corrected chi connectivity index (χ2v) is 64.0. The summed E-state index contributed by atoms with van der Waals surface area (Å²) in [5.41, 5.74) is 7.34. The minimum atomic E-state index is -0.826. The van der Waals surface area contributed by atoms with Crippen molar-refractivity contribution in [2.75, 3.05) is 41.0 Å². The van der Waals surface area contributed by atoms with Gasteiger partial charge in [0, 0.05) is 66.9 Å². The quantitative estimate of drug-likeness (QED) is 0.0369. The Morgan fingerprint density at radius 2 is 0.555 bits per heavy atom. The Morgan fingerprint density at radius 1 is 0.281 bits per heavy atom. The fraction of sp³-hybridized carbons (Fsp3) is 0.771. The second kappa shape index (κ2) is 62.3. The van der Waals surface area contributed by atoms with Crippen molar-refractivity contribution in [1.29, 1.82) is 0 Å². The standard InChI is InChI=1S/C45H67NO.C44H65NO.C36H65NO.6CH3.6ClH.3Zr/c1-32-25-28-40-39(30-32)41-42(37-23-15-16-24-38(37)43(41)46(40)5)45(34-19-11-8-12-20-34,35-21-13-9-14-22-35)36-27-26-33(31-36)18-10-6-7-17-29-47-44(2,3)4;1-43(2,3)46-30-18-6-5-9-19-32-28-29-35(31-32)44(33-20-10-7-11-21-33,34-22-12-8-13-23-34)41-36-24-14-15-25-37(36)42-40(41)38-26-16-17-27-39(38)45(42)4;1-24-18-19-31-29(21-24)32-33(27-16-12-13-17-28(27)34(32)37(31)8)36(6,7)30-23-26(22-25(30)2)15-11-9-10-14-20-38-35(3,4)5;;;;;;;;;;;;;;;/h8-9,11-14,19-22,32-33,36-43H,6-7,10,15-18,23-31H2,1-5H3;7-8,10-13,20-23,32,35-42H,5-6,9,14-19,24-31H2,1-4H3;24-34H,9-23H2,1-8H3;6*1H3;6*1H;;;/q;;;6*-1;;;;;;;3*+4/p-6. The number of ether oxygens (including phenoxy) is 3. The van der Waals surface area contributed by atoms with Gasteiger partial charge in [-0.3, -0.25) is 14.7 Å². The average Bonchev–Trinajstić information content (AvgIpc) is 1.52. The molecule has 19 rings (SSSR count). The zero-order valence-electron chi connectivity index (χ0n) is 97.1. The van der Waals surface area contributed by atoms with Gasteiger partial charge < -0.3 is 58.8 Å². The molecule has 0 N–H and O–H groups in total. The van der Waals surface area contributed by atoms with Gasteiger partial charge in [-0.25, -0.2) is 0 Å². The summed E-state index contributed by atoms with van der Waals surface area (Å²) in [6, 6.07) is 53.7. The second-order valence-electron chi connectivity index (χ2n) is 52.8. The molecule has 6 nitrogen and oxygen atoms in total. The number of unbranched alkanes of at least 4 members (excludes halogenated alkanes) is 9. The van der Waals surface area contributed by atoms with E-state index in [-0.39, 0.29) is 72.2 Å². The first-order valence-electron chi connectivity index (χ1n) is 58.6. The maximum absolute atomic E-state index is 6.00. The van der Waals surface area contributed by atoms with E-state index in [1.807, 2.05) is 0 Å². The van der Waals surface area contributed by atoms with Gasteiger partial charge in [0.15, 0.2) is 0 Å². The molecule has 826 valence electrons. The van der Waals surface area contributed by atoms with E-state index < -0.39 is 62.5 Å². The van der Waals surface area contributed by atoms with E-state index in [9.17, 15) is 0 Å². The molecule has 4 aromatic rings. The number of fused-ring (bicyclic) bond motifs is 15. The first-order chi connectivity index (χ1) is 67.4. The van der Waals surface area contributed by atoms with Crippen molar-refractivity contribution < 1.29 is 76.8 Å². The molecule has 15 fully saturated rings. The summed E-state index contributed by atoms with van der Waals surface area (Å²) < 4.78 is 17.9. The normalized spacial score (nSPS) is 34.1. The molecule has 12 aliphatic carbocycles. The third-order valence-corrected chi connectivity index (χ3v) is 41.6. The van der Waals surface area contributed by atoms with Crippen molar-refractivity contribution in [2.45, 2.75) is 450 Å². The molecular formula is C131H215Cl6N3O3Zr3. The number of hydrogen-bond acceptors (Lipinski definition) is 6. The molecule has 0 aromatic heterocycles. The molecule has 30 atom stereocenters. The summed E-state index contributed by atoms with van der Waals surface area (Å²) in [5, 5.41) is 0. The van der Waals surface area contributed by atoms with Crippen LogP contribution in [0.25, 0.3) is 0 Å². The van der Waals surface area contributed by atoms with E-state index in [1.165, 1.54) is 289 Å². The van der Waals surface area contributed by atoms with Crippen LogP contribution >= 0.6 is 51.1 Å². The monoisotopic (exact) mass is 2360 g/mol. The predicted octanol–water partition coefficient (Wildman–Crippen LogP) is 38.8. The molecule has 3 heterocycles. The molecule has 30 unspecified atom stereocenters. The van der Waals surface area contributed by atoms with Crippen LogP contribution < -0.4 is 0 Å². The van der Waals surface area contributed by atoms with Crippen molar-refractivity contribution in [2.24, 2.45) is 147 Å². The summed E-state index contributed by atoms with van der Waals surface area (Å²) in [6.07, 6.45) is 64.1. The Balaban J connectivity index is 0.000000253. The summed E-state index contributed by atoms with van der Waals surface area (Å²) in [4.78, 5) is 8.96. The Hall–Kier alpha value is 1.03. The van der Waals surface area contributed by atoms with Gasteiger partial charge >= 0.3 is 114 Å². The molecule has 0 spiro atoms. The molecule has 0 bridgehead atoms. The Morgan fingerprint density at radius 3 is 0.884 bits per heavy atom. The number of benzene rings is 4. The third kappa shape index (κ3) is 31.3. The van der Waals surface area contributed by atoms with Crippen LogP contribution in [0.1, 0.15) is 408 Å². The third-order valence-electron chi connectivity index (χ3n) is 41.6. The van der Waals surface area contributed by atoms with Crippen LogP contribution in [0.15, 0.2) is 121 Å². The SMILES string of the molecule is CC1CCC2C(C1)C1C(C3CCCCC3C1C(C)(C)C1CC(CCCCCCOC(C)(C)C)CC1C)N2C.CC1CCC2C(C1)C1C(C3CCCCC3C1C(c1ccccc1)(c1ccccc1)C1CCC(CCCCCCOC(C)(C)C)C1)N2C.CN1C2CCCCC2C2C1C1CCCCC1C2C(c1ccccc1)(c1ccccc1)C1CCC(CCCCCCOC(C)(C)C)C1.[CH3-].[CH3-].[CH3-].[CH3-].[CH3-].[CH3-].[Cl][Zr+2][Cl].[Cl][Zr+2][Cl].[Cl][Zr+2][Cl]. The molecule has 15 heteroatoms. The number of nitrogens with zero attached hydrogens (tertiary/aromatic N) is 3. The van der Waals surface area contributed by atoms with Crippen molar-refractivity contribution in [3.05, 3.63) is 188 Å². The van der Waals surface area contributed by atoms with Crippen molar-refractivity contribution in [3.8, 4) is 0 Å². The average molecular weight is 2370 g/mol. The number of halogens is 6. The summed E-state index contributed by atoms with van der Waals surface area (Å²) in [5.74, 6) is 21.3. The predicted molar refractivity (Wildman–Crippen MR) is 626 cm³/mol. The van der Waals surface area contributed by atoms with Crippen molar-refractivity contribution in [1.82, 2.24) is 14.7 Å². The fourth-order valence-corrected chi connectivity index (χ4v) is 37.2. The van der Waals surface area contributed by atoms with Crippen LogP contribution in [-0.2, 0) is 87.6 Å². The van der Waals surface area contributed by atoms with Gasteiger partial charge in [0.05, 0.1) is 16.8 Å². The zero-order chi connectivity index (χ0) is 99.7. The van der Waals surface area contributed by atoms with E-state index in [2.05, 4.69) is 254 Å². The topological polar surface area (TPSA) is 37.4 Å². The van der Waals surface area contributed by atoms with E-state index in [4.69, 9.17) is 65.3 Å². The van der Waals surface area contributed by atoms with Crippen LogP contribution in [0.2, 0.25) is 0 Å². The van der Waals surface area contributed by atoms with Crippen LogP contribution in [0.3, 0.4) is 0 Å². The zero-order valence-corrected chi connectivity index (χ0v) is 109. The molecule has 0 amide bonds. The first-order valence-corrected chi connectivity index (χ1v) is 77.6. The molecule has 3 saturated heterocycles. The van der Waals surface area contributed by atoms with Gasteiger partial charge in [-0.05, 0) is 401 Å². The van der Waals surface area contributed by atoms with Crippen molar-refractivity contribution in [3.63, 3.8) is 0 Å². The molecule has 15 aliphatic rings. The van der Waals surface area contributed by atoms with Crippen LogP contribution in [-0.4, -0.2) is 109 Å². The molecule has 12 saturated carbocycles. The van der Waals surface area contributed by atoms with E-state index in [0.717, 1.165) is 198 Å². The van der Waals surface area contributed by atoms with Crippen LogP contribution in [0, 0.1) is 192 Å². The Kier molecular flexibility index (Phi) is 56.4. The fourth-order valence-electron chi connectivity index (χ4n) is 37.2. The van der Waals surface area contributed by atoms with Gasteiger partial charge in [-0.1, -0.05) is 297 Å². The van der Waals surface area contributed by atoms with Gasteiger partial charge in [0.2, 0.25) is 0 Å². The van der Waals surface area contributed by atoms with Crippen LogP contribution in [0.5, 0.6) is 0 Å². The van der Waals surface area contributed by atoms with Crippen LogP contribution in [0.4, 0.5) is 0 Å². The number of likely N-dealkylation sites (tertiary alicyclic amines) is 3. The Bertz CT molecular complexity index is 4110. The molecule has 0 radical (unpaired) electrons. The summed E-state index contributed by atoms with van der Waals surface area (Å²) in [7, 11) is 37.3. The van der Waals surface area contributed by atoms with Gasteiger partial charge in [0.25, 0.3) is 0 Å². The van der Waals surface area contributed by atoms with E-state index in [0.29, 0.717) is 5.41 Å². The molecule has 4 aromatic carbocycles. The minimum absolute atomic E-state index is 0. The molecular weight excluding hydrogens is 2150 g/mol. The summed E-state index contributed by atoms with van der Waals surface area (Å²) in [6.45, 7) is 35.7. The van der Waals surface area contributed by atoms with E-state index in [1.54, 1.807) is 22.3 Å². The van der Waals surface area contributed by atoms with Gasteiger partial charge in [0.1, 0.15) is 0 Å².